The van der Waals surface area contributed by atoms with Crippen molar-refractivity contribution in [2.45, 2.75) is 20.8 Å². The predicted molar refractivity (Wildman–Crippen MR) is 111 cm³/mol. The Morgan fingerprint density at radius 3 is 2.56 bits per heavy atom. The van der Waals surface area contributed by atoms with Gasteiger partial charge in [0.25, 0.3) is 5.91 Å². The molecule has 0 unspecified atom stereocenters. The van der Waals surface area contributed by atoms with E-state index in [0.29, 0.717) is 20.9 Å². The van der Waals surface area contributed by atoms with Gasteiger partial charge < -0.3 is 10.1 Å². The van der Waals surface area contributed by atoms with Crippen LogP contribution in [0.1, 0.15) is 17.0 Å². The first-order valence-electron chi connectivity index (χ1n) is 8.36. The molecule has 3 rings (SSSR count). The second-order valence-electron chi connectivity index (χ2n) is 6.20. The van der Waals surface area contributed by atoms with E-state index in [1.54, 1.807) is 18.2 Å². The second-order valence-corrected chi connectivity index (χ2v) is 7.50. The molecule has 0 spiro atoms. The molecule has 2 aromatic carbocycles. The highest BCUT2D eigenvalue weighted by Gasteiger charge is 2.16. The molecule has 0 saturated carbocycles. The van der Waals surface area contributed by atoms with Gasteiger partial charge in [-0.05, 0) is 67.0 Å². The molecule has 0 atom stereocenters. The van der Waals surface area contributed by atoms with Crippen molar-refractivity contribution in [2.75, 3.05) is 11.9 Å². The molecule has 0 aliphatic rings. The van der Waals surface area contributed by atoms with E-state index in [-0.39, 0.29) is 12.5 Å². The largest absolute Gasteiger partial charge is 0.483 e. The van der Waals surface area contributed by atoms with Crippen molar-refractivity contribution in [2.24, 2.45) is 0 Å². The van der Waals surface area contributed by atoms with E-state index in [1.165, 1.54) is 5.56 Å². The monoisotopic (exact) mass is 447 g/mol. The van der Waals surface area contributed by atoms with E-state index in [9.17, 15) is 4.79 Å². The summed E-state index contributed by atoms with van der Waals surface area (Å²) in [6.07, 6.45) is 0. The van der Waals surface area contributed by atoms with Crippen LogP contribution in [0.3, 0.4) is 0 Å². The molecule has 27 heavy (non-hydrogen) atoms. The van der Waals surface area contributed by atoms with Crippen LogP contribution in [0.5, 0.6) is 5.75 Å². The lowest BCUT2D eigenvalue weighted by Gasteiger charge is -2.10. The molecule has 7 heteroatoms. The van der Waals surface area contributed by atoms with Gasteiger partial charge in [-0.1, -0.05) is 29.3 Å². The van der Waals surface area contributed by atoms with Crippen LogP contribution in [-0.2, 0) is 4.79 Å². The summed E-state index contributed by atoms with van der Waals surface area (Å²) in [5.74, 6) is 0.296. The molecule has 1 heterocycles. The number of aromatic nitrogens is 2. The number of hydrogen-bond acceptors (Lipinski definition) is 3. The number of nitrogens with one attached hydrogen (secondary N) is 1. The number of nitrogens with zero attached hydrogens (tertiary/aromatic N) is 2. The minimum absolute atomic E-state index is 0.116. The number of hydrogen-bond donors (Lipinski definition) is 1. The quantitative estimate of drug-likeness (QED) is 0.581. The molecule has 0 bridgehead atoms. The van der Waals surface area contributed by atoms with Gasteiger partial charge in [0.1, 0.15) is 5.75 Å². The first-order valence-corrected chi connectivity index (χ1v) is 9.53. The number of halogens is 2. The van der Waals surface area contributed by atoms with Gasteiger partial charge in [-0.2, -0.15) is 5.10 Å². The molecule has 0 fully saturated rings. The van der Waals surface area contributed by atoms with Gasteiger partial charge in [0, 0.05) is 5.02 Å². The first kappa shape index (κ1) is 19.5. The molecule has 0 saturated heterocycles. The summed E-state index contributed by atoms with van der Waals surface area (Å²) < 4.78 is 8.08. The fourth-order valence-electron chi connectivity index (χ4n) is 2.67. The zero-order valence-corrected chi connectivity index (χ0v) is 17.6. The minimum Gasteiger partial charge on any atom is -0.483 e. The van der Waals surface area contributed by atoms with Gasteiger partial charge >= 0.3 is 0 Å². The van der Waals surface area contributed by atoms with Crippen LogP contribution >= 0.6 is 27.5 Å². The van der Waals surface area contributed by atoms with E-state index in [2.05, 4.69) is 26.3 Å². The van der Waals surface area contributed by atoms with Gasteiger partial charge in [-0.25, -0.2) is 4.68 Å². The number of ether oxygens (including phenoxy) is 1. The maximum absolute atomic E-state index is 12.3. The highest BCUT2D eigenvalue weighted by Crippen LogP contribution is 2.28. The number of anilines is 1. The maximum atomic E-state index is 12.3. The Kier molecular flexibility index (Phi) is 5.87. The number of aryl methyl sites for hydroxylation is 2. The van der Waals surface area contributed by atoms with E-state index >= 15 is 0 Å². The lowest BCUT2D eigenvalue weighted by atomic mass is 10.2. The molecular formula is C20H19BrClN3O2. The third-order valence-corrected chi connectivity index (χ3v) is 4.94. The average Bonchev–Trinajstić information content (AvgIpc) is 2.90. The summed E-state index contributed by atoms with van der Waals surface area (Å²) in [5, 5.41) is 8.03. The van der Waals surface area contributed by atoms with E-state index in [1.807, 2.05) is 49.7 Å². The van der Waals surface area contributed by atoms with Crippen LogP contribution in [0.4, 0.5) is 5.69 Å². The van der Waals surface area contributed by atoms with Crippen molar-refractivity contribution in [1.82, 2.24) is 9.78 Å². The van der Waals surface area contributed by atoms with Crippen molar-refractivity contribution < 1.29 is 9.53 Å². The smallest absolute Gasteiger partial charge is 0.262 e. The molecule has 0 aliphatic heterocycles. The molecule has 0 aliphatic carbocycles. The molecule has 140 valence electrons. The first-order chi connectivity index (χ1) is 12.8. The summed E-state index contributed by atoms with van der Waals surface area (Å²) in [7, 11) is 0. The lowest BCUT2D eigenvalue weighted by molar-refractivity contribution is -0.118. The normalized spacial score (nSPS) is 10.7. The topological polar surface area (TPSA) is 56.2 Å². The van der Waals surface area contributed by atoms with E-state index < -0.39 is 0 Å². The fraction of sp³-hybridized carbons (Fsp3) is 0.200. The fourth-order valence-corrected chi connectivity index (χ4v) is 3.47. The summed E-state index contributed by atoms with van der Waals surface area (Å²) in [4.78, 5) is 12.3. The molecule has 3 aromatic rings. The Labute approximate surface area is 171 Å². The number of benzene rings is 2. The molecular weight excluding hydrogens is 430 g/mol. The molecule has 1 aromatic heterocycles. The van der Waals surface area contributed by atoms with Crippen molar-refractivity contribution in [1.29, 1.82) is 0 Å². The summed E-state index contributed by atoms with van der Waals surface area (Å²) >= 11 is 9.28. The number of amides is 1. The zero-order chi connectivity index (χ0) is 19.6. The van der Waals surface area contributed by atoms with Gasteiger partial charge in [-0.3, -0.25) is 4.79 Å². The van der Waals surface area contributed by atoms with Crippen LogP contribution < -0.4 is 10.1 Å². The average molecular weight is 449 g/mol. The predicted octanol–water partition coefficient (Wildman–Crippen LogP) is 5.23. The van der Waals surface area contributed by atoms with E-state index in [0.717, 1.165) is 17.1 Å². The van der Waals surface area contributed by atoms with Gasteiger partial charge in [0.15, 0.2) is 6.61 Å². The number of rotatable bonds is 5. The van der Waals surface area contributed by atoms with E-state index in [4.69, 9.17) is 16.3 Å². The molecule has 0 radical (unpaired) electrons. The van der Waals surface area contributed by atoms with Crippen molar-refractivity contribution in [3.8, 4) is 11.4 Å². The summed E-state index contributed by atoms with van der Waals surface area (Å²) in [6, 6.07) is 13.2. The van der Waals surface area contributed by atoms with Crippen LogP contribution in [0, 0.1) is 20.8 Å². The Morgan fingerprint density at radius 1 is 1.19 bits per heavy atom. The SMILES string of the molecule is Cc1ccc(-n2nc(C)c(NC(=O)COc3ccc(Cl)cc3Br)c2C)cc1. The molecule has 1 amide bonds. The Hall–Kier alpha value is -2.31. The van der Waals surface area contributed by atoms with Crippen molar-refractivity contribution in [3.05, 3.63) is 68.9 Å². The maximum Gasteiger partial charge on any atom is 0.262 e. The van der Waals surface area contributed by atoms with Crippen LogP contribution in [-0.4, -0.2) is 22.3 Å². The minimum atomic E-state index is -0.258. The number of carbonyl (C=O) groups is 1. The van der Waals surface area contributed by atoms with Crippen molar-refractivity contribution in [3.63, 3.8) is 0 Å². The number of carbonyl (C=O) groups excluding carboxylic acids is 1. The van der Waals surface area contributed by atoms with Gasteiger partial charge in [0.2, 0.25) is 0 Å². The Morgan fingerprint density at radius 2 is 1.89 bits per heavy atom. The summed E-state index contributed by atoms with van der Waals surface area (Å²) in [6.45, 7) is 5.71. The third-order valence-electron chi connectivity index (χ3n) is 4.09. The van der Waals surface area contributed by atoms with Gasteiger partial charge in [0.05, 0.1) is 27.2 Å². The lowest BCUT2D eigenvalue weighted by Crippen LogP contribution is -2.21. The molecule has 1 N–H and O–H groups in total. The van der Waals surface area contributed by atoms with Crippen LogP contribution in [0.15, 0.2) is 46.9 Å². The Balaban J connectivity index is 1.71. The van der Waals surface area contributed by atoms with Gasteiger partial charge in [-0.15, -0.1) is 0 Å². The Bertz CT molecular complexity index is 984. The third kappa shape index (κ3) is 4.51. The standard InChI is InChI=1S/C20H19BrClN3O2/c1-12-4-7-16(8-5-12)25-14(3)20(13(2)24-25)23-19(26)11-27-18-9-6-15(22)10-17(18)21/h4-10H,11H2,1-3H3,(H,23,26). The zero-order valence-electron chi connectivity index (χ0n) is 15.2. The highest BCUT2D eigenvalue weighted by molar-refractivity contribution is 9.10. The van der Waals surface area contributed by atoms with Crippen LogP contribution in [0.25, 0.3) is 5.69 Å². The van der Waals surface area contributed by atoms with Crippen molar-refractivity contribution >= 4 is 39.1 Å². The molecule has 5 nitrogen and oxygen atoms in total. The van der Waals surface area contributed by atoms with Crippen LogP contribution in [0.2, 0.25) is 5.02 Å². The summed E-state index contributed by atoms with van der Waals surface area (Å²) in [5.41, 5.74) is 4.42. The second kappa shape index (κ2) is 8.15. The highest BCUT2D eigenvalue weighted by atomic mass is 79.9.